The Morgan fingerprint density at radius 2 is 1.89 bits per heavy atom. The predicted octanol–water partition coefficient (Wildman–Crippen LogP) is 5.94. The molecule has 5 rings (SSSR count). The predicted molar refractivity (Wildman–Crippen MR) is 113 cm³/mol. The first-order chi connectivity index (χ1) is 13.5. The molecule has 0 fully saturated rings. The average molecular weight is 371 g/mol. The monoisotopic (exact) mass is 371 g/mol. The van der Waals surface area contributed by atoms with E-state index in [1.54, 1.807) is 0 Å². The van der Waals surface area contributed by atoms with Crippen molar-refractivity contribution in [2.45, 2.75) is 46.3 Å². The van der Waals surface area contributed by atoms with Crippen LogP contribution in [0.5, 0.6) is 0 Å². The highest BCUT2D eigenvalue weighted by molar-refractivity contribution is 5.77. The van der Waals surface area contributed by atoms with Crippen LogP contribution in [0.25, 0.3) is 6.08 Å². The summed E-state index contributed by atoms with van der Waals surface area (Å²) in [4.78, 5) is 2.40. The Kier molecular flexibility index (Phi) is 3.87. The van der Waals surface area contributed by atoms with Crippen molar-refractivity contribution in [3.63, 3.8) is 0 Å². The topological polar surface area (TPSA) is 21.7 Å². The van der Waals surface area contributed by atoms with Crippen molar-refractivity contribution in [3.8, 4) is 0 Å². The van der Waals surface area contributed by atoms with Crippen molar-refractivity contribution < 1.29 is 9.47 Å². The minimum Gasteiger partial charge on any atom is -0.456 e. The van der Waals surface area contributed by atoms with Crippen molar-refractivity contribution in [2.24, 2.45) is 0 Å². The molecule has 3 heteroatoms. The third kappa shape index (κ3) is 2.65. The van der Waals surface area contributed by atoms with Gasteiger partial charge in [-0.05, 0) is 62.1 Å². The first kappa shape index (κ1) is 17.2. The number of fused-ring (bicyclic) bond motifs is 5. The van der Waals surface area contributed by atoms with E-state index in [-0.39, 0.29) is 12.1 Å². The van der Waals surface area contributed by atoms with Crippen LogP contribution in [0.3, 0.4) is 0 Å². The van der Waals surface area contributed by atoms with Crippen molar-refractivity contribution in [1.82, 2.24) is 0 Å². The molecule has 0 aromatic heterocycles. The van der Waals surface area contributed by atoms with Crippen LogP contribution >= 0.6 is 0 Å². The molecule has 2 aromatic carbocycles. The maximum atomic E-state index is 6.15. The van der Waals surface area contributed by atoms with Gasteiger partial charge in [0.05, 0.1) is 6.04 Å². The number of benzene rings is 2. The standard InChI is InChI=1S/C25H25NO2/c1-15-11-16(2)24-20(12-15)14-23(25-27-17(3)13-18(4)28-25)26-21-8-6-5-7-19(21)9-10-22(24)26/h5-13,17,22H,14H2,1-4H3/b25-23+. The maximum absolute atomic E-state index is 6.15. The lowest BCUT2D eigenvalue weighted by molar-refractivity contribution is 0.0177. The number of nitrogens with zero attached hydrogens (tertiary/aromatic N) is 1. The molecule has 0 bridgehead atoms. The third-order valence-electron chi connectivity index (χ3n) is 5.75. The smallest absolute Gasteiger partial charge is 0.305 e. The number of rotatable bonds is 0. The molecule has 0 saturated heterocycles. The Labute approximate surface area is 166 Å². The van der Waals surface area contributed by atoms with Crippen molar-refractivity contribution in [3.05, 3.63) is 93.8 Å². The first-order valence-corrected chi connectivity index (χ1v) is 9.94. The highest BCUT2D eigenvalue weighted by Gasteiger charge is 2.37. The number of ether oxygens (including phenoxy) is 2. The van der Waals surface area contributed by atoms with E-state index in [1.165, 1.54) is 33.5 Å². The molecule has 2 aromatic rings. The Morgan fingerprint density at radius 1 is 1.07 bits per heavy atom. The van der Waals surface area contributed by atoms with Crippen LogP contribution in [0.15, 0.2) is 66.0 Å². The second kappa shape index (κ2) is 6.30. The summed E-state index contributed by atoms with van der Waals surface area (Å²) in [6, 6.07) is 13.3. The Balaban J connectivity index is 1.76. The second-order valence-corrected chi connectivity index (χ2v) is 8.00. The first-order valence-electron chi connectivity index (χ1n) is 9.94. The minimum absolute atomic E-state index is 0.00548. The summed E-state index contributed by atoms with van der Waals surface area (Å²) in [7, 11) is 0. The van der Waals surface area contributed by atoms with E-state index in [1.807, 2.05) is 13.0 Å². The number of anilines is 1. The fourth-order valence-corrected chi connectivity index (χ4v) is 4.75. The Bertz CT molecular complexity index is 1060. The molecule has 28 heavy (non-hydrogen) atoms. The molecule has 0 radical (unpaired) electrons. The van der Waals surface area contributed by atoms with E-state index >= 15 is 0 Å². The Morgan fingerprint density at radius 3 is 2.71 bits per heavy atom. The van der Waals surface area contributed by atoms with Crippen LogP contribution in [0.1, 0.15) is 47.7 Å². The SMILES string of the molecule is CC1=CC(C)O/C(=C2/Cc3cc(C)cc(C)c3C3C=Cc4ccccc4N23)O1. The largest absolute Gasteiger partial charge is 0.456 e. The molecule has 0 aliphatic carbocycles. The molecule has 2 atom stereocenters. The summed E-state index contributed by atoms with van der Waals surface area (Å²) in [6.45, 7) is 8.44. The molecule has 3 heterocycles. The summed E-state index contributed by atoms with van der Waals surface area (Å²) >= 11 is 0. The van der Waals surface area contributed by atoms with Gasteiger partial charge in [-0.2, -0.15) is 0 Å². The summed E-state index contributed by atoms with van der Waals surface area (Å²) in [5, 5.41) is 0. The molecule has 0 saturated carbocycles. The normalized spacial score (nSPS) is 25.1. The molecular formula is C25H25NO2. The summed E-state index contributed by atoms with van der Waals surface area (Å²) in [5.74, 6) is 1.53. The van der Waals surface area contributed by atoms with Gasteiger partial charge in [0.25, 0.3) is 0 Å². The molecule has 3 aliphatic heterocycles. The van der Waals surface area contributed by atoms with E-state index in [0.29, 0.717) is 5.95 Å². The highest BCUT2D eigenvalue weighted by Crippen LogP contribution is 2.47. The zero-order chi connectivity index (χ0) is 19.4. The van der Waals surface area contributed by atoms with Gasteiger partial charge in [-0.25, -0.2) is 0 Å². The van der Waals surface area contributed by atoms with Crippen molar-refractivity contribution in [2.75, 3.05) is 4.90 Å². The van der Waals surface area contributed by atoms with Gasteiger partial charge in [0, 0.05) is 12.1 Å². The van der Waals surface area contributed by atoms with Gasteiger partial charge in [-0.1, -0.05) is 48.0 Å². The van der Waals surface area contributed by atoms with Crippen LogP contribution in [-0.4, -0.2) is 6.10 Å². The third-order valence-corrected chi connectivity index (χ3v) is 5.75. The number of para-hydroxylation sites is 1. The van der Waals surface area contributed by atoms with Crippen molar-refractivity contribution >= 4 is 11.8 Å². The van der Waals surface area contributed by atoms with Crippen LogP contribution in [0.4, 0.5) is 5.69 Å². The van der Waals surface area contributed by atoms with E-state index in [4.69, 9.17) is 9.47 Å². The van der Waals surface area contributed by atoms with Crippen molar-refractivity contribution in [1.29, 1.82) is 0 Å². The lowest BCUT2D eigenvalue weighted by Crippen LogP contribution is -2.37. The van der Waals surface area contributed by atoms with Gasteiger partial charge in [0.15, 0.2) is 0 Å². The van der Waals surface area contributed by atoms with E-state index in [9.17, 15) is 0 Å². The highest BCUT2D eigenvalue weighted by atomic mass is 16.7. The van der Waals surface area contributed by atoms with Crippen LogP contribution in [0, 0.1) is 13.8 Å². The average Bonchev–Trinajstić information content (AvgIpc) is 2.65. The molecule has 2 unspecified atom stereocenters. The van der Waals surface area contributed by atoms with E-state index < -0.39 is 0 Å². The lowest BCUT2D eigenvalue weighted by atomic mass is 9.83. The molecular weight excluding hydrogens is 346 g/mol. The second-order valence-electron chi connectivity index (χ2n) is 8.00. The number of aryl methyl sites for hydroxylation is 2. The van der Waals surface area contributed by atoms with Gasteiger partial charge < -0.3 is 14.4 Å². The molecule has 142 valence electrons. The van der Waals surface area contributed by atoms with Gasteiger partial charge in [0.1, 0.15) is 17.6 Å². The summed E-state index contributed by atoms with van der Waals surface area (Å²) < 4.78 is 12.2. The Hall–Kier alpha value is -2.94. The van der Waals surface area contributed by atoms with E-state index in [0.717, 1.165) is 17.9 Å². The molecule has 0 amide bonds. The van der Waals surface area contributed by atoms with Gasteiger partial charge in [-0.3, -0.25) is 0 Å². The zero-order valence-corrected chi connectivity index (χ0v) is 16.8. The van der Waals surface area contributed by atoms with Gasteiger partial charge in [0.2, 0.25) is 0 Å². The van der Waals surface area contributed by atoms with Crippen LogP contribution in [-0.2, 0) is 15.9 Å². The maximum Gasteiger partial charge on any atom is 0.305 e. The van der Waals surface area contributed by atoms with Crippen LogP contribution in [0.2, 0.25) is 0 Å². The number of hydrogen-bond acceptors (Lipinski definition) is 3. The fraction of sp³-hybridized carbons (Fsp3) is 0.280. The summed E-state index contributed by atoms with van der Waals surface area (Å²) in [5.41, 5.74) is 8.92. The molecule has 3 aliphatic rings. The van der Waals surface area contributed by atoms with Crippen LogP contribution < -0.4 is 4.90 Å². The van der Waals surface area contributed by atoms with Gasteiger partial charge in [-0.15, -0.1) is 0 Å². The number of hydrogen-bond donors (Lipinski definition) is 0. The van der Waals surface area contributed by atoms with Gasteiger partial charge >= 0.3 is 5.95 Å². The lowest BCUT2D eigenvalue weighted by Gasteiger charge is -2.43. The zero-order valence-electron chi connectivity index (χ0n) is 16.8. The quantitative estimate of drug-likeness (QED) is 0.572. The molecule has 0 N–H and O–H groups in total. The van der Waals surface area contributed by atoms with E-state index in [2.05, 4.69) is 74.2 Å². The summed E-state index contributed by atoms with van der Waals surface area (Å²) in [6.07, 6.45) is 7.36. The molecule has 3 nitrogen and oxygen atoms in total. The molecule has 0 spiro atoms. The number of allylic oxidation sites excluding steroid dienone is 2. The fourth-order valence-electron chi connectivity index (χ4n) is 4.75. The minimum atomic E-state index is 0.00548.